The van der Waals surface area contributed by atoms with Crippen molar-refractivity contribution in [3.8, 4) is 0 Å². The van der Waals surface area contributed by atoms with Gasteiger partial charge in [-0.05, 0) is 43.3 Å². The van der Waals surface area contributed by atoms with Crippen LogP contribution in [0.4, 0.5) is 23.1 Å². The van der Waals surface area contributed by atoms with Crippen molar-refractivity contribution >= 4 is 23.1 Å². The Hall–Kier alpha value is -2.34. The first-order valence-electron chi connectivity index (χ1n) is 8.97. The van der Waals surface area contributed by atoms with Crippen LogP contribution in [0.2, 0.25) is 0 Å². The highest BCUT2D eigenvalue weighted by molar-refractivity contribution is 5.60. The maximum absolute atomic E-state index is 4.51. The molecule has 1 aromatic heterocycles. The van der Waals surface area contributed by atoms with Crippen LogP contribution in [0.25, 0.3) is 0 Å². The van der Waals surface area contributed by atoms with Gasteiger partial charge in [0, 0.05) is 50.3 Å². The Bertz CT molecular complexity index is 662. The lowest BCUT2D eigenvalue weighted by atomic mass is 10.2. The minimum atomic E-state index is 0.577. The van der Waals surface area contributed by atoms with E-state index >= 15 is 0 Å². The van der Waals surface area contributed by atoms with Gasteiger partial charge in [0.15, 0.2) is 0 Å². The molecule has 2 aromatic rings. The van der Waals surface area contributed by atoms with Crippen LogP contribution < -0.4 is 15.5 Å². The summed E-state index contributed by atoms with van der Waals surface area (Å²) in [6, 6.07) is 10.4. The summed E-state index contributed by atoms with van der Waals surface area (Å²) in [6.45, 7) is 9.64. The standard InChI is InChI=1S/C19H28N6/c1-15(2)14-21-18-8-9-20-19(23-18)22-16-4-6-17(7-5-16)25-12-10-24(3)11-13-25/h4-9,15H,10-14H2,1-3H3,(H2,20,21,22,23). The first kappa shape index (κ1) is 17.5. The average molecular weight is 340 g/mol. The number of hydrogen-bond donors (Lipinski definition) is 2. The van der Waals surface area contributed by atoms with Gasteiger partial charge in [0.2, 0.25) is 5.95 Å². The Balaban J connectivity index is 1.60. The fourth-order valence-electron chi connectivity index (χ4n) is 2.78. The summed E-state index contributed by atoms with van der Waals surface area (Å²) >= 11 is 0. The minimum Gasteiger partial charge on any atom is -0.370 e. The molecule has 0 atom stereocenters. The zero-order valence-corrected chi connectivity index (χ0v) is 15.4. The van der Waals surface area contributed by atoms with Crippen LogP contribution in [-0.4, -0.2) is 54.6 Å². The smallest absolute Gasteiger partial charge is 0.229 e. The van der Waals surface area contributed by atoms with Crippen LogP contribution in [0.1, 0.15) is 13.8 Å². The molecule has 6 heteroatoms. The normalized spacial score (nSPS) is 15.4. The summed E-state index contributed by atoms with van der Waals surface area (Å²) in [7, 11) is 2.18. The number of likely N-dealkylation sites (N-methyl/N-ethyl adjacent to an activating group) is 1. The summed E-state index contributed by atoms with van der Waals surface area (Å²) in [6.07, 6.45) is 1.77. The molecule has 3 rings (SSSR count). The Labute approximate surface area is 150 Å². The molecule has 0 aliphatic carbocycles. The van der Waals surface area contributed by atoms with E-state index in [0.29, 0.717) is 11.9 Å². The predicted molar refractivity (Wildman–Crippen MR) is 105 cm³/mol. The fraction of sp³-hybridized carbons (Fsp3) is 0.474. The average Bonchev–Trinajstić information content (AvgIpc) is 2.62. The third-order valence-electron chi connectivity index (χ3n) is 4.34. The van der Waals surface area contributed by atoms with E-state index in [-0.39, 0.29) is 0 Å². The summed E-state index contributed by atoms with van der Waals surface area (Å²) in [5.74, 6) is 2.04. The van der Waals surface area contributed by atoms with Crippen molar-refractivity contribution in [2.75, 3.05) is 55.3 Å². The van der Waals surface area contributed by atoms with E-state index in [1.54, 1.807) is 6.20 Å². The van der Waals surface area contributed by atoms with Gasteiger partial charge < -0.3 is 20.4 Å². The maximum Gasteiger partial charge on any atom is 0.229 e. The largest absolute Gasteiger partial charge is 0.370 e. The van der Waals surface area contributed by atoms with Crippen LogP contribution in [0, 0.1) is 5.92 Å². The highest BCUT2D eigenvalue weighted by Crippen LogP contribution is 2.21. The number of rotatable bonds is 6. The predicted octanol–water partition coefficient (Wildman–Crippen LogP) is 3.04. The molecular weight excluding hydrogens is 312 g/mol. The van der Waals surface area contributed by atoms with Gasteiger partial charge in [0.25, 0.3) is 0 Å². The summed E-state index contributed by atoms with van der Waals surface area (Å²) in [4.78, 5) is 13.6. The molecule has 6 nitrogen and oxygen atoms in total. The Morgan fingerprint density at radius 1 is 1.04 bits per heavy atom. The molecule has 1 aliphatic rings. The second kappa shape index (κ2) is 8.16. The number of anilines is 4. The van der Waals surface area contributed by atoms with E-state index in [0.717, 1.165) is 44.2 Å². The number of nitrogens with zero attached hydrogens (tertiary/aromatic N) is 4. The van der Waals surface area contributed by atoms with Crippen LogP contribution in [0.3, 0.4) is 0 Å². The molecule has 1 fully saturated rings. The molecule has 0 spiro atoms. The van der Waals surface area contributed by atoms with Gasteiger partial charge in [-0.25, -0.2) is 4.98 Å². The summed E-state index contributed by atoms with van der Waals surface area (Å²) < 4.78 is 0. The van der Waals surface area contributed by atoms with Gasteiger partial charge in [-0.2, -0.15) is 4.98 Å². The molecule has 25 heavy (non-hydrogen) atoms. The maximum atomic E-state index is 4.51. The molecule has 0 saturated carbocycles. The number of hydrogen-bond acceptors (Lipinski definition) is 6. The number of aromatic nitrogens is 2. The van der Waals surface area contributed by atoms with E-state index in [4.69, 9.17) is 0 Å². The quantitative estimate of drug-likeness (QED) is 0.843. The molecule has 0 unspecified atom stereocenters. The molecule has 1 aliphatic heterocycles. The van der Waals surface area contributed by atoms with Crippen molar-refractivity contribution in [3.63, 3.8) is 0 Å². The Kier molecular flexibility index (Phi) is 5.71. The monoisotopic (exact) mass is 340 g/mol. The van der Waals surface area contributed by atoms with Crippen molar-refractivity contribution in [1.82, 2.24) is 14.9 Å². The lowest BCUT2D eigenvalue weighted by molar-refractivity contribution is 0.313. The molecular formula is C19H28N6. The third kappa shape index (κ3) is 5.06. The van der Waals surface area contributed by atoms with E-state index in [9.17, 15) is 0 Å². The van der Waals surface area contributed by atoms with Crippen molar-refractivity contribution in [3.05, 3.63) is 36.5 Å². The summed E-state index contributed by atoms with van der Waals surface area (Å²) in [5.41, 5.74) is 2.27. The second-order valence-corrected chi connectivity index (χ2v) is 7.00. The molecule has 134 valence electrons. The van der Waals surface area contributed by atoms with Gasteiger partial charge in [-0.15, -0.1) is 0 Å². The molecule has 0 bridgehead atoms. The summed E-state index contributed by atoms with van der Waals surface area (Å²) in [5, 5.41) is 6.60. The van der Waals surface area contributed by atoms with Crippen LogP contribution in [-0.2, 0) is 0 Å². The van der Waals surface area contributed by atoms with Gasteiger partial charge in [0.1, 0.15) is 5.82 Å². The van der Waals surface area contributed by atoms with Crippen LogP contribution in [0.15, 0.2) is 36.5 Å². The Morgan fingerprint density at radius 2 is 1.76 bits per heavy atom. The van der Waals surface area contributed by atoms with Crippen molar-refractivity contribution in [2.24, 2.45) is 5.92 Å². The SMILES string of the molecule is CC(C)CNc1ccnc(Nc2ccc(N3CCN(C)CC3)cc2)n1. The topological polar surface area (TPSA) is 56.3 Å². The first-order chi connectivity index (χ1) is 12.1. The molecule has 1 saturated heterocycles. The zero-order valence-electron chi connectivity index (χ0n) is 15.4. The van der Waals surface area contributed by atoms with Crippen molar-refractivity contribution < 1.29 is 0 Å². The van der Waals surface area contributed by atoms with E-state index in [1.165, 1.54) is 5.69 Å². The lowest BCUT2D eigenvalue weighted by Gasteiger charge is -2.34. The molecule has 2 N–H and O–H groups in total. The van der Waals surface area contributed by atoms with Gasteiger partial charge in [-0.3, -0.25) is 0 Å². The second-order valence-electron chi connectivity index (χ2n) is 7.00. The van der Waals surface area contributed by atoms with E-state index < -0.39 is 0 Å². The first-order valence-corrected chi connectivity index (χ1v) is 8.97. The van der Waals surface area contributed by atoms with Gasteiger partial charge in [0.05, 0.1) is 0 Å². The Morgan fingerprint density at radius 3 is 2.44 bits per heavy atom. The fourth-order valence-corrected chi connectivity index (χ4v) is 2.78. The highest BCUT2D eigenvalue weighted by atomic mass is 15.2. The third-order valence-corrected chi connectivity index (χ3v) is 4.34. The van der Waals surface area contributed by atoms with E-state index in [2.05, 4.69) is 75.6 Å². The van der Waals surface area contributed by atoms with Crippen molar-refractivity contribution in [1.29, 1.82) is 0 Å². The van der Waals surface area contributed by atoms with Crippen LogP contribution >= 0.6 is 0 Å². The van der Waals surface area contributed by atoms with Crippen molar-refractivity contribution in [2.45, 2.75) is 13.8 Å². The van der Waals surface area contributed by atoms with Crippen LogP contribution in [0.5, 0.6) is 0 Å². The van der Waals surface area contributed by atoms with E-state index in [1.807, 2.05) is 6.07 Å². The minimum absolute atomic E-state index is 0.577. The number of piperazine rings is 1. The number of benzene rings is 1. The lowest BCUT2D eigenvalue weighted by Crippen LogP contribution is -2.44. The molecule has 1 aromatic carbocycles. The zero-order chi connectivity index (χ0) is 17.6. The molecule has 0 radical (unpaired) electrons. The van der Waals surface area contributed by atoms with Gasteiger partial charge >= 0.3 is 0 Å². The molecule has 0 amide bonds. The van der Waals surface area contributed by atoms with Gasteiger partial charge in [-0.1, -0.05) is 13.8 Å². The highest BCUT2D eigenvalue weighted by Gasteiger charge is 2.14. The number of nitrogens with one attached hydrogen (secondary N) is 2. The molecule has 2 heterocycles.